The molecule has 29 heavy (non-hydrogen) atoms. The average molecular weight is 611 g/mol. The van der Waals surface area contributed by atoms with Crippen molar-refractivity contribution in [2.45, 2.75) is 46.4 Å². The van der Waals surface area contributed by atoms with Crippen molar-refractivity contribution in [1.82, 2.24) is 0 Å². The van der Waals surface area contributed by atoms with E-state index in [1.165, 1.54) is 33.9 Å². The molecule has 152 valence electrons. The summed E-state index contributed by atoms with van der Waals surface area (Å²) < 4.78 is 3.22. The second-order valence-electron chi connectivity index (χ2n) is 9.19. The van der Waals surface area contributed by atoms with Crippen molar-refractivity contribution in [3.63, 3.8) is 0 Å². The van der Waals surface area contributed by atoms with E-state index in [1.807, 2.05) is 0 Å². The fourth-order valence-electron chi connectivity index (χ4n) is 5.20. The highest BCUT2D eigenvalue weighted by molar-refractivity contribution is 14.1. The Labute approximate surface area is 202 Å². The number of anilines is 1. The summed E-state index contributed by atoms with van der Waals surface area (Å²) >= 11 is 5.31. The van der Waals surface area contributed by atoms with E-state index in [0.717, 1.165) is 0 Å². The lowest BCUT2D eigenvalue weighted by atomic mass is 9.79. The van der Waals surface area contributed by atoms with Gasteiger partial charge in [0.25, 0.3) is 0 Å². The molecule has 0 aliphatic carbocycles. The van der Waals surface area contributed by atoms with Crippen LogP contribution in [0.4, 0.5) is 11.4 Å². The summed E-state index contributed by atoms with van der Waals surface area (Å²) in [5.74, 6) is 0. The summed E-state index contributed by atoms with van der Waals surface area (Å²) in [5, 5.41) is 0. The topological polar surface area (TPSA) is 6.25 Å². The Hall–Kier alpha value is -0.890. The number of allylic oxidation sites excluding steroid dienone is 2. The minimum absolute atomic E-state index is 0.0237. The first kappa shape index (κ1) is 21.3. The number of hydrogen-bond donors (Lipinski definition) is 0. The molecule has 0 saturated carbocycles. The smallest absolute Gasteiger partial charge is 0.209 e. The van der Waals surface area contributed by atoms with Crippen molar-refractivity contribution >= 4 is 62.3 Å². The molecule has 2 aromatic carbocycles. The van der Waals surface area contributed by atoms with E-state index in [2.05, 4.69) is 151 Å². The fraction of sp³-hybridized carbons (Fsp3) is 0.400. The van der Waals surface area contributed by atoms with Crippen LogP contribution in [0, 0.1) is 0 Å². The third-order valence-corrected chi connectivity index (χ3v) is 10.6. The van der Waals surface area contributed by atoms with Crippen molar-refractivity contribution in [3.8, 4) is 0 Å². The van der Waals surface area contributed by atoms with Gasteiger partial charge in [0.15, 0.2) is 5.71 Å². The molecule has 2 aliphatic rings. The molecule has 0 amide bonds. The molecule has 0 N–H and O–H groups in total. The molecular weight excluding hydrogens is 582 g/mol. The molecule has 2 atom stereocenters. The zero-order chi connectivity index (χ0) is 21.1. The van der Waals surface area contributed by atoms with Gasteiger partial charge in [-0.1, -0.05) is 95.4 Å². The van der Waals surface area contributed by atoms with Crippen molar-refractivity contribution in [1.29, 1.82) is 0 Å². The molecular formula is C25H29I2N2+. The van der Waals surface area contributed by atoms with Gasteiger partial charge < -0.3 is 4.90 Å². The molecule has 2 aromatic rings. The normalized spacial score (nSPS) is 22.6. The number of likely N-dealkylation sites (N-methyl/N-ethyl adjacent to an activating group) is 1. The predicted octanol–water partition coefficient (Wildman–Crippen LogP) is 6.61. The highest BCUT2D eigenvalue weighted by Crippen LogP contribution is 2.48. The van der Waals surface area contributed by atoms with Crippen molar-refractivity contribution < 1.29 is 4.58 Å². The quantitative estimate of drug-likeness (QED) is 0.215. The summed E-state index contributed by atoms with van der Waals surface area (Å²) in [6.07, 6.45) is 2.50. The Bertz CT molecular complexity index is 1030. The highest BCUT2D eigenvalue weighted by Gasteiger charge is 2.49. The lowest BCUT2D eigenvalue weighted by Gasteiger charge is -2.27. The van der Waals surface area contributed by atoms with Crippen molar-refractivity contribution in [2.24, 2.45) is 0 Å². The Balaban J connectivity index is 1.72. The van der Waals surface area contributed by atoms with Crippen LogP contribution in [-0.4, -0.2) is 32.2 Å². The molecule has 0 saturated heterocycles. The second-order valence-corrected chi connectivity index (χ2v) is 12.0. The minimum atomic E-state index is 0.0237. The lowest BCUT2D eigenvalue weighted by molar-refractivity contribution is -0.403. The Morgan fingerprint density at radius 1 is 0.897 bits per heavy atom. The van der Waals surface area contributed by atoms with E-state index in [-0.39, 0.29) is 10.8 Å². The molecule has 2 heterocycles. The minimum Gasteiger partial charge on any atom is -0.347 e. The third-order valence-electron chi connectivity index (χ3n) is 6.74. The average Bonchev–Trinajstić information content (AvgIpc) is 3.01. The fourth-order valence-corrected chi connectivity index (χ4v) is 7.28. The van der Waals surface area contributed by atoms with E-state index in [4.69, 9.17) is 0 Å². The van der Waals surface area contributed by atoms with Crippen LogP contribution >= 0.6 is 45.2 Å². The number of rotatable bonds is 3. The van der Waals surface area contributed by atoms with Gasteiger partial charge in [-0.05, 0) is 31.6 Å². The Kier molecular flexibility index (Phi) is 5.42. The number of benzene rings is 2. The molecule has 0 spiro atoms. The molecule has 0 fully saturated rings. The third kappa shape index (κ3) is 3.20. The van der Waals surface area contributed by atoms with E-state index >= 15 is 0 Å². The summed E-state index contributed by atoms with van der Waals surface area (Å²) in [4.78, 5) is 2.38. The maximum Gasteiger partial charge on any atom is 0.209 e. The summed E-state index contributed by atoms with van der Waals surface area (Å²) in [6, 6.07) is 17.6. The zero-order valence-corrected chi connectivity index (χ0v) is 22.3. The first-order valence-electron chi connectivity index (χ1n) is 10.1. The van der Waals surface area contributed by atoms with Gasteiger partial charge in [-0.2, -0.15) is 0 Å². The van der Waals surface area contributed by atoms with Crippen LogP contribution in [0.5, 0.6) is 0 Å². The van der Waals surface area contributed by atoms with E-state index < -0.39 is 0 Å². The molecule has 2 aliphatic heterocycles. The standard InChI is InChI=1S/C25H29I2N2/c1-24(2)16-11-7-9-13-19(16)28(5)21(24)15-18(26)22(27)23-25(3,4)17-12-8-10-14-20(17)29(23)6/h7-15,18,22H,1-6H3/q+1. The van der Waals surface area contributed by atoms with Gasteiger partial charge in [0.2, 0.25) is 5.69 Å². The number of halogens is 2. The van der Waals surface area contributed by atoms with Crippen LogP contribution in [0.25, 0.3) is 0 Å². The molecule has 0 aromatic heterocycles. The van der Waals surface area contributed by atoms with Crippen LogP contribution < -0.4 is 4.90 Å². The van der Waals surface area contributed by atoms with Crippen LogP contribution in [-0.2, 0) is 10.8 Å². The van der Waals surface area contributed by atoms with Gasteiger partial charge >= 0.3 is 0 Å². The Morgan fingerprint density at radius 2 is 1.48 bits per heavy atom. The van der Waals surface area contributed by atoms with Gasteiger partial charge in [-0.15, -0.1) is 0 Å². The number of para-hydroxylation sites is 2. The summed E-state index contributed by atoms with van der Waals surface area (Å²) in [5.41, 5.74) is 8.48. The maximum atomic E-state index is 2.66. The molecule has 4 heteroatoms. The van der Waals surface area contributed by atoms with Gasteiger partial charge in [-0.3, -0.25) is 0 Å². The molecule has 4 rings (SSSR count). The summed E-state index contributed by atoms with van der Waals surface area (Å²) in [7, 11) is 4.44. The summed E-state index contributed by atoms with van der Waals surface area (Å²) in [6.45, 7) is 9.44. The van der Waals surface area contributed by atoms with E-state index in [9.17, 15) is 0 Å². The number of nitrogens with zero attached hydrogens (tertiary/aromatic N) is 2. The monoisotopic (exact) mass is 611 g/mol. The molecule has 0 radical (unpaired) electrons. The van der Waals surface area contributed by atoms with Gasteiger partial charge in [0.1, 0.15) is 11.0 Å². The predicted molar refractivity (Wildman–Crippen MR) is 142 cm³/mol. The highest BCUT2D eigenvalue weighted by atomic mass is 127. The van der Waals surface area contributed by atoms with Crippen LogP contribution in [0.3, 0.4) is 0 Å². The maximum absolute atomic E-state index is 2.66. The first-order chi connectivity index (χ1) is 13.6. The van der Waals surface area contributed by atoms with Crippen molar-refractivity contribution in [3.05, 3.63) is 71.4 Å². The van der Waals surface area contributed by atoms with E-state index in [0.29, 0.717) is 7.85 Å². The first-order valence-corrected chi connectivity index (χ1v) is 12.6. The van der Waals surface area contributed by atoms with Crippen molar-refractivity contribution in [2.75, 3.05) is 19.0 Å². The number of alkyl halides is 2. The SMILES string of the molecule is CN1C(=CC(I)C(I)C2=[N+](C)c3ccccc3C2(C)C)C(C)(C)c2ccccc21. The molecule has 2 unspecified atom stereocenters. The molecule has 0 bridgehead atoms. The van der Waals surface area contributed by atoms with Crippen LogP contribution in [0.1, 0.15) is 38.8 Å². The number of fused-ring (bicyclic) bond motifs is 2. The van der Waals surface area contributed by atoms with Gasteiger partial charge in [-0.25, -0.2) is 4.58 Å². The zero-order valence-electron chi connectivity index (χ0n) is 18.0. The second kappa shape index (κ2) is 7.36. The van der Waals surface area contributed by atoms with Crippen LogP contribution in [0.15, 0.2) is 60.3 Å². The lowest BCUT2D eigenvalue weighted by Crippen LogP contribution is -2.39. The number of hydrogen-bond acceptors (Lipinski definition) is 1. The van der Waals surface area contributed by atoms with E-state index in [1.54, 1.807) is 0 Å². The van der Waals surface area contributed by atoms with Crippen LogP contribution in [0.2, 0.25) is 0 Å². The molecule has 2 nitrogen and oxygen atoms in total. The largest absolute Gasteiger partial charge is 0.347 e. The Morgan fingerprint density at radius 3 is 2.10 bits per heavy atom. The van der Waals surface area contributed by atoms with Gasteiger partial charge in [0, 0.05) is 35.5 Å². The van der Waals surface area contributed by atoms with Gasteiger partial charge in [0.05, 0.1) is 9.34 Å².